The van der Waals surface area contributed by atoms with Crippen molar-refractivity contribution in [1.82, 2.24) is 5.32 Å². The summed E-state index contributed by atoms with van der Waals surface area (Å²) in [6.45, 7) is 2.12. The smallest absolute Gasteiger partial charge is 0.286 e. The second kappa shape index (κ2) is 7.67. The van der Waals surface area contributed by atoms with E-state index in [1.165, 1.54) is 16.7 Å². The van der Waals surface area contributed by atoms with Crippen LogP contribution >= 0.6 is 11.8 Å². The van der Waals surface area contributed by atoms with Gasteiger partial charge in [-0.05, 0) is 49.3 Å². The monoisotopic (exact) mass is 339 g/mol. The fraction of sp³-hybridized carbons (Fsp3) is 0.300. The van der Waals surface area contributed by atoms with Crippen molar-refractivity contribution >= 4 is 22.9 Å². The van der Waals surface area contributed by atoms with E-state index in [4.69, 9.17) is 0 Å². The van der Waals surface area contributed by atoms with Gasteiger partial charge in [-0.2, -0.15) is 0 Å². The molecule has 3 rings (SSSR count). The SMILES string of the molecule is Cc1cccc(CCCc2ccc(CC3SC(=O)NC3=O)cc2)c1. The number of rotatable bonds is 6. The number of imide groups is 1. The molecule has 2 amide bonds. The van der Waals surface area contributed by atoms with E-state index in [9.17, 15) is 9.59 Å². The van der Waals surface area contributed by atoms with Gasteiger partial charge in [0.15, 0.2) is 0 Å². The van der Waals surface area contributed by atoms with Crippen LogP contribution in [0, 0.1) is 6.92 Å². The lowest BCUT2D eigenvalue weighted by Gasteiger charge is -2.07. The molecule has 0 aliphatic carbocycles. The van der Waals surface area contributed by atoms with Gasteiger partial charge in [-0.25, -0.2) is 0 Å². The molecule has 1 aliphatic heterocycles. The van der Waals surface area contributed by atoms with Gasteiger partial charge in [0.2, 0.25) is 5.91 Å². The Labute approximate surface area is 146 Å². The molecular formula is C20H21NO2S. The van der Waals surface area contributed by atoms with Crippen molar-refractivity contribution in [3.63, 3.8) is 0 Å². The highest BCUT2D eigenvalue weighted by atomic mass is 32.2. The van der Waals surface area contributed by atoms with Gasteiger partial charge in [0.1, 0.15) is 0 Å². The highest BCUT2D eigenvalue weighted by Crippen LogP contribution is 2.23. The molecule has 1 N–H and O–H groups in total. The number of hydrogen-bond acceptors (Lipinski definition) is 3. The van der Waals surface area contributed by atoms with E-state index in [0.29, 0.717) is 6.42 Å². The van der Waals surface area contributed by atoms with Gasteiger partial charge in [-0.3, -0.25) is 14.9 Å². The first-order chi connectivity index (χ1) is 11.6. The van der Waals surface area contributed by atoms with Crippen LogP contribution in [-0.4, -0.2) is 16.4 Å². The van der Waals surface area contributed by atoms with Gasteiger partial charge < -0.3 is 0 Å². The first kappa shape index (κ1) is 16.8. The Morgan fingerprint density at radius 3 is 2.33 bits per heavy atom. The first-order valence-electron chi connectivity index (χ1n) is 8.25. The normalized spacial score (nSPS) is 17.1. The molecular weight excluding hydrogens is 318 g/mol. The van der Waals surface area contributed by atoms with Crippen LogP contribution in [-0.2, 0) is 24.1 Å². The Bertz CT molecular complexity index is 740. The van der Waals surface area contributed by atoms with Crippen molar-refractivity contribution in [2.24, 2.45) is 0 Å². The van der Waals surface area contributed by atoms with E-state index in [2.05, 4.69) is 60.8 Å². The summed E-state index contributed by atoms with van der Waals surface area (Å²) in [4.78, 5) is 22.8. The van der Waals surface area contributed by atoms with Crippen LogP contribution in [0.5, 0.6) is 0 Å². The van der Waals surface area contributed by atoms with Crippen LogP contribution in [0.15, 0.2) is 48.5 Å². The van der Waals surface area contributed by atoms with E-state index < -0.39 is 0 Å². The number of amides is 2. The fourth-order valence-electron chi connectivity index (χ4n) is 2.95. The minimum atomic E-state index is -0.287. The molecule has 2 aromatic rings. The van der Waals surface area contributed by atoms with Crippen molar-refractivity contribution in [3.05, 3.63) is 70.8 Å². The average molecular weight is 339 g/mol. The van der Waals surface area contributed by atoms with Crippen LogP contribution in [0.3, 0.4) is 0 Å². The summed E-state index contributed by atoms with van der Waals surface area (Å²) in [6, 6.07) is 17.1. The highest BCUT2D eigenvalue weighted by Gasteiger charge is 2.31. The third kappa shape index (κ3) is 4.48. The number of benzene rings is 2. The maximum Gasteiger partial charge on any atom is 0.286 e. The van der Waals surface area contributed by atoms with E-state index in [1.807, 2.05) is 0 Å². The molecule has 1 heterocycles. The highest BCUT2D eigenvalue weighted by molar-refractivity contribution is 8.15. The Morgan fingerprint density at radius 2 is 1.67 bits per heavy atom. The van der Waals surface area contributed by atoms with Crippen LogP contribution < -0.4 is 5.32 Å². The molecule has 0 saturated carbocycles. The van der Waals surface area contributed by atoms with Crippen LogP contribution in [0.25, 0.3) is 0 Å². The average Bonchev–Trinajstić information content (AvgIpc) is 2.87. The van der Waals surface area contributed by atoms with Gasteiger partial charge in [0.25, 0.3) is 5.24 Å². The van der Waals surface area contributed by atoms with Gasteiger partial charge >= 0.3 is 0 Å². The standard InChI is InChI=1S/C20H21NO2S/c1-14-4-2-6-16(12-14)7-3-5-15-8-10-17(11-9-15)13-18-19(22)21-20(23)24-18/h2,4,6,8-12,18H,3,5,7,13H2,1H3,(H,21,22,23). The summed E-state index contributed by atoms with van der Waals surface area (Å²) in [6.07, 6.45) is 3.86. The molecule has 1 fully saturated rings. The van der Waals surface area contributed by atoms with Crippen molar-refractivity contribution < 1.29 is 9.59 Å². The number of carbonyl (C=O) groups excluding carboxylic acids is 2. The summed E-state index contributed by atoms with van der Waals surface area (Å²) in [5, 5.41) is 1.81. The first-order valence-corrected chi connectivity index (χ1v) is 9.13. The molecule has 0 spiro atoms. The van der Waals surface area contributed by atoms with Crippen molar-refractivity contribution in [2.45, 2.75) is 37.9 Å². The maximum absolute atomic E-state index is 11.6. The largest absolute Gasteiger partial charge is 0.286 e. The molecule has 1 aliphatic rings. The number of thioether (sulfide) groups is 1. The van der Waals surface area contributed by atoms with Crippen molar-refractivity contribution in [2.75, 3.05) is 0 Å². The third-order valence-corrected chi connectivity index (χ3v) is 5.21. The quantitative estimate of drug-likeness (QED) is 0.863. The lowest BCUT2D eigenvalue weighted by Crippen LogP contribution is -2.25. The van der Waals surface area contributed by atoms with E-state index in [-0.39, 0.29) is 16.4 Å². The third-order valence-electron chi connectivity index (χ3n) is 4.22. The van der Waals surface area contributed by atoms with E-state index in [1.54, 1.807) is 0 Å². The molecule has 2 aromatic carbocycles. The van der Waals surface area contributed by atoms with Gasteiger partial charge in [-0.1, -0.05) is 65.9 Å². The zero-order valence-electron chi connectivity index (χ0n) is 13.7. The molecule has 124 valence electrons. The Morgan fingerprint density at radius 1 is 0.958 bits per heavy atom. The summed E-state index contributed by atoms with van der Waals surface area (Å²) in [5.41, 5.74) is 5.11. The number of aryl methyl sites for hydroxylation is 3. The van der Waals surface area contributed by atoms with Gasteiger partial charge in [0.05, 0.1) is 5.25 Å². The summed E-state index contributed by atoms with van der Waals surface area (Å²) in [7, 11) is 0. The minimum Gasteiger partial charge on any atom is -0.286 e. The number of nitrogens with one attached hydrogen (secondary N) is 1. The van der Waals surface area contributed by atoms with Crippen molar-refractivity contribution in [3.8, 4) is 0 Å². The Balaban J connectivity index is 1.49. The predicted molar refractivity (Wildman–Crippen MR) is 98.3 cm³/mol. The molecule has 1 saturated heterocycles. The summed E-state index contributed by atoms with van der Waals surface area (Å²) in [5.74, 6) is -0.174. The summed E-state index contributed by atoms with van der Waals surface area (Å²) >= 11 is 1.09. The lowest BCUT2D eigenvalue weighted by molar-refractivity contribution is -0.118. The van der Waals surface area contributed by atoms with Gasteiger partial charge in [0, 0.05) is 0 Å². The maximum atomic E-state index is 11.6. The lowest BCUT2D eigenvalue weighted by atomic mass is 10.0. The van der Waals surface area contributed by atoms with E-state index >= 15 is 0 Å². The van der Waals surface area contributed by atoms with Crippen LogP contribution in [0.4, 0.5) is 4.79 Å². The number of hydrogen-bond donors (Lipinski definition) is 1. The van der Waals surface area contributed by atoms with Crippen LogP contribution in [0.1, 0.15) is 28.7 Å². The Hall–Kier alpha value is -2.07. The second-order valence-electron chi connectivity index (χ2n) is 6.25. The molecule has 1 unspecified atom stereocenters. The summed E-state index contributed by atoms with van der Waals surface area (Å²) < 4.78 is 0. The molecule has 4 heteroatoms. The fourth-order valence-corrected chi connectivity index (χ4v) is 3.81. The topological polar surface area (TPSA) is 46.2 Å². The molecule has 24 heavy (non-hydrogen) atoms. The Kier molecular flexibility index (Phi) is 5.36. The zero-order valence-corrected chi connectivity index (χ0v) is 14.6. The van der Waals surface area contributed by atoms with Crippen molar-refractivity contribution in [1.29, 1.82) is 0 Å². The van der Waals surface area contributed by atoms with E-state index in [0.717, 1.165) is 36.6 Å². The minimum absolute atomic E-state index is 0.174. The number of carbonyl (C=O) groups is 2. The zero-order chi connectivity index (χ0) is 16.9. The van der Waals surface area contributed by atoms with Gasteiger partial charge in [-0.15, -0.1) is 0 Å². The predicted octanol–water partition coefficient (Wildman–Crippen LogP) is 4.06. The molecule has 0 aromatic heterocycles. The van der Waals surface area contributed by atoms with Crippen LogP contribution in [0.2, 0.25) is 0 Å². The molecule has 1 atom stereocenters. The molecule has 3 nitrogen and oxygen atoms in total. The molecule has 0 radical (unpaired) electrons. The second-order valence-corrected chi connectivity index (χ2v) is 7.42. The molecule has 0 bridgehead atoms.